The van der Waals surface area contributed by atoms with E-state index in [4.69, 9.17) is 5.11 Å². The summed E-state index contributed by atoms with van der Waals surface area (Å²) in [6.45, 7) is 0.566. The minimum Gasteiger partial charge on any atom is -0.394 e. The van der Waals surface area contributed by atoms with Gasteiger partial charge in [-0.2, -0.15) is 0 Å². The number of hydrogen-bond donors (Lipinski definition) is 1. The molecule has 0 radical (unpaired) electrons. The van der Waals surface area contributed by atoms with E-state index in [1.165, 1.54) is 0 Å². The van der Waals surface area contributed by atoms with E-state index >= 15 is 0 Å². The minimum absolute atomic E-state index is 0.122. The van der Waals surface area contributed by atoms with E-state index in [1.54, 1.807) is 7.11 Å². The number of aliphatic hydroxyl groups excluding tert-OH is 1. The Morgan fingerprint density at radius 3 is 2.00 bits per heavy atom. The van der Waals surface area contributed by atoms with Crippen molar-refractivity contribution >= 4 is 0 Å². The molecule has 0 aromatic carbocycles. The van der Waals surface area contributed by atoms with Crippen LogP contribution in [0.1, 0.15) is 0 Å². The van der Waals surface area contributed by atoms with Crippen molar-refractivity contribution in [1.82, 2.24) is 4.57 Å². The first kappa shape index (κ1) is 10.2. The summed E-state index contributed by atoms with van der Waals surface area (Å²) < 4.78 is 6.44. The lowest BCUT2D eigenvalue weighted by Gasteiger charge is -1.84. The molecule has 0 fully saturated rings. The van der Waals surface area contributed by atoms with Crippen LogP contribution >= 0.6 is 0 Å². The Bertz CT molecular complexity index is 147. The number of hydrogen-bond acceptors (Lipinski definition) is 2. The Balaban J connectivity index is 0.000000187. The molecule has 0 saturated heterocycles. The molecule has 0 aliphatic heterocycles. The van der Waals surface area contributed by atoms with Crippen LogP contribution in [0.4, 0.5) is 0 Å². The van der Waals surface area contributed by atoms with Crippen LogP contribution in [0.5, 0.6) is 0 Å². The van der Waals surface area contributed by atoms with Gasteiger partial charge < -0.3 is 14.4 Å². The summed E-state index contributed by atoms with van der Waals surface area (Å²) in [5.74, 6) is 0. The van der Waals surface area contributed by atoms with Crippen LogP contribution in [0.25, 0.3) is 0 Å². The largest absolute Gasteiger partial charge is 0.394 e. The average molecular weight is 157 g/mol. The third kappa shape index (κ3) is 7.09. The van der Waals surface area contributed by atoms with E-state index in [-0.39, 0.29) is 6.61 Å². The van der Waals surface area contributed by atoms with Crippen molar-refractivity contribution < 1.29 is 9.84 Å². The molecule has 0 spiro atoms. The molecule has 1 heterocycles. The third-order valence-electron chi connectivity index (χ3n) is 1.05. The van der Waals surface area contributed by atoms with Crippen molar-refractivity contribution in [2.75, 3.05) is 20.3 Å². The number of aromatic nitrogens is 1. The Morgan fingerprint density at radius 2 is 1.91 bits per heavy atom. The monoisotopic (exact) mass is 157 g/mol. The minimum atomic E-state index is 0.122. The quantitative estimate of drug-likeness (QED) is 0.684. The van der Waals surface area contributed by atoms with Crippen molar-refractivity contribution in [1.29, 1.82) is 0 Å². The summed E-state index contributed by atoms with van der Waals surface area (Å²) in [4.78, 5) is 0. The lowest BCUT2D eigenvalue weighted by molar-refractivity contribution is 0.135. The molecule has 0 amide bonds. The summed E-state index contributed by atoms with van der Waals surface area (Å²) in [5, 5.41) is 7.94. The predicted octanol–water partition coefficient (Wildman–Crippen LogP) is 0.650. The average Bonchev–Trinajstić information content (AvgIpc) is 2.43. The normalized spacial score (nSPS) is 8.64. The number of aliphatic hydroxyl groups is 1. The maximum atomic E-state index is 7.94. The van der Waals surface area contributed by atoms with Crippen molar-refractivity contribution in [3.05, 3.63) is 24.5 Å². The number of aryl methyl sites for hydroxylation is 1. The molecule has 1 N–H and O–H groups in total. The number of ether oxygens (including phenoxy) is 1. The second-order valence-corrected chi connectivity index (χ2v) is 2.06. The molecule has 1 rings (SSSR count). The zero-order chi connectivity index (χ0) is 8.53. The smallest absolute Gasteiger partial charge is 0.0693 e. The summed E-state index contributed by atoms with van der Waals surface area (Å²) in [5.41, 5.74) is 0. The number of rotatable bonds is 2. The molecule has 1 aromatic heterocycles. The van der Waals surface area contributed by atoms with Gasteiger partial charge >= 0.3 is 0 Å². The molecule has 64 valence electrons. The molecule has 0 atom stereocenters. The fourth-order valence-electron chi connectivity index (χ4n) is 0.512. The first-order chi connectivity index (χ1) is 5.31. The highest BCUT2D eigenvalue weighted by atomic mass is 16.5. The van der Waals surface area contributed by atoms with Gasteiger partial charge in [-0.3, -0.25) is 0 Å². The summed E-state index contributed by atoms with van der Waals surface area (Å²) in [6, 6.07) is 4.00. The second kappa shape index (κ2) is 7.31. The van der Waals surface area contributed by atoms with Gasteiger partial charge in [0.05, 0.1) is 13.2 Å². The maximum absolute atomic E-state index is 7.94. The highest BCUT2D eigenvalue weighted by Crippen LogP contribution is 1.80. The van der Waals surface area contributed by atoms with E-state index in [1.807, 2.05) is 36.1 Å². The Kier molecular flexibility index (Phi) is 6.78. The lowest BCUT2D eigenvalue weighted by Crippen LogP contribution is -1.91. The zero-order valence-corrected chi connectivity index (χ0v) is 7.03. The van der Waals surface area contributed by atoms with Gasteiger partial charge in [-0.15, -0.1) is 0 Å². The molecule has 0 bridgehead atoms. The molecular weight excluding hydrogens is 142 g/mol. The number of nitrogens with zero attached hydrogens (tertiary/aromatic N) is 1. The molecule has 0 saturated carbocycles. The Morgan fingerprint density at radius 1 is 1.36 bits per heavy atom. The summed E-state index contributed by atoms with van der Waals surface area (Å²) >= 11 is 0. The number of methoxy groups -OCH3 is 1. The molecule has 0 aliphatic carbocycles. The first-order valence-electron chi connectivity index (χ1n) is 3.48. The molecule has 3 nitrogen and oxygen atoms in total. The van der Waals surface area contributed by atoms with Gasteiger partial charge in [0.1, 0.15) is 0 Å². The van der Waals surface area contributed by atoms with Crippen LogP contribution in [0.3, 0.4) is 0 Å². The fraction of sp³-hybridized carbons (Fsp3) is 0.500. The topological polar surface area (TPSA) is 34.4 Å². The molecule has 3 heteroatoms. The van der Waals surface area contributed by atoms with Crippen LogP contribution in [-0.2, 0) is 11.8 Å². The van der Waals surface area contributed by atoms with Crippen LogP contribution in [0, 0.1) is 0 Å². The first-order valence-corrected chi connectivity index (χ1v) is 3.48. The van der Waals surface area contributed by atoms with Gasteiger partial charge in [-0.05, 0) is 12.1 Å². The zero-order valence-electron chi connectivity index (χ0n) is 7.03. The van der Waals surface area contributed by atoms with Crippen molar-refractivity contribution in [2.24, 2.45) is 7.05 Å². The highest BCUT2D eigenvalue weighted by Gasteiger charge is 1.68. The molecule has 0 unspecified atom stereocenters. The predicted molar refractivity (Wildman–Crippen MR) is 44.4 cm³/mol. The van der Waals surface area contributed by atoms with E-state index in [0.717, 1.165) is 0 Å². The molecular formula is C8H15NO2. The van der Waals surface area contributed by atoms with Crippen molar-refractivity contribution in [3.8, 4) is 0 Å². The van der Waals surface area contributed by atoms with Crippen molar-refractivity contribution in [2.45, 2.75) is 0 Å². The van der Waals surface area contributed by atoms with Gasteiger partial charge in [0.2, 0.25) is 0 Å². The van der Waals surface area contributed by atoms with Crippen LogP contribution in [0.2, 0.25) is 0 Å². The second-order valence-electron chi connectivity index (χ2n) is 2.06. The van der Waals surface area contributed by atoms with Gasteiger partial charge in [-0.1, -0.05) is 0 Å². The molecule has 0 aliphatic rings. The van der Waals surface area contributed by atoms with Gasteiger partial charge in [-0.25, -0.2) is 0 Å². The standard InChI is InChI=1S/C5H7N.C3H8O2/c1-6-4-2-3-5-6;1-5-3-2-4/h2-5H,1H3;4H,2-3H2,1H3. The lowest BCUT2D eigenvalue weighted by atomic mass is 10.7. The van der Waals surface area contributed by atoms with Crippen molar-refractivity contribution in [3.63, 3.8) is 0 Å². The molecule has 1 aromatic rings. The SMILES string of the molecule is COCCO.Cn1cccc1. The van der Waals surface area contributed by atoms with E-state index in [9.17, 15) is 0 Å². The van der Waals surface area contributed by atoms with E-state index in [2.05, 4.69) is 4.74 Å². The summed E-state index contributed by atoms with van der Waals surface area (Å²) in [6.07, 6.45) is 4.00. The van der Waals surface area contributed by atoms with Crippen LogP contribution < -0.4 is 0 Å². The Labute approximate surface area is 67.2 Å². The highest BCUT2D eigenvalue weighted by molar-refractivity contribution is 4.88. The van der Waals surface area contributed by atoms with E-state index < -0.39 is 0 Å². The Hall–Kier alpha value is -0.800. The van der Waals surface area contributed by atoms with Gasteiger partial charge in [0, 0.05) is 26.6 Å². The van der Waals surface area contributed by atoms with Crippen LogP contribution in [0.15, 0.2) is 24.5 Å². The van der Waals surface area contributed by atoms with Crippen LogP contribution in [-0.4, -0.2) is 30.0 Å². The van der Waals surface area contributed by atoms with Gasteiger partial charge in [0.15, 0.2) is 0 Å². The van der Waals surface area contributed by atoms with E-state index in [0.29, 0.717) is 6.61 Å². The fourth-order valence-corrected chi connectivity index (χ4v) is 0.512. The van der Waals surface area contributed by atoms with Gasteiger partial charge in [0.25, 0.3) is 0 Å². The maximum Gasteiger partial charge on any atom is 0.0693 e. The third-order valence-corrected chi connectivity index (χ3v) is 1.05. The summed E-state index contributed by atoms with van der Waals surface area (Å²) in [7, 11) is 3.55. The molecule has 11 heavy (non-hydrogen) atoms.